The zero-order valence-electron chi connectivity index (χ0n) is 16.1. The number of fused-ring (bicyclic) bond motifs is 1. The van der Waals surface area contributed by atoms with Gasteiger partial charge in [0.2, 0.25) is 0 Å². The predicted molar refractivity (Wildman–Crippen MR) is 122 cm³/mol. The lowest BCUT2D eigenvalue weighted by atomic mass is 10.1. The number of benzene rings is 2. The molecule has 5 rings (SSSR count). The van der Waals surface area contributed by atoms with Crippen LogP contribution in [-0.4, -0.2) is 30.7 Å². The van der Waals surface area contributed by atoms with Crippen molar-refractivity contribution < 1.29 is 4.79 Å². The molecule has 0 saturated carbocycles. The molecule has 31 heavy (non-hydrogen) atoms. The van der Waals surface area contributed by atoms with E-state index in [9.17, 15) is 4.79 Å². The Morgan fingerprint density at radius 3 is 2.55 bits per heavy atom. The molecule has 0 unspecified atom stereocenters. The van der Waals surface area contributed by atoms with E-state index in [0.29, 0.717) is 22.7 Å². The number of hydrogen-bond donors (Lipinski definition) is 1. The van der Waals surface area contributed by atoms with Gasteiger partial charge in [0.1, 0.15) is 0 Å². The van der Waals surface area contributed by atoms with E-state index < -0.39 is 0 Å². The molecule has 0 fully saturated rings. The summed E-state index contributed by atoms with van der Waals surface area (Å²) in [6.45, 7) is 0. The summed E-state index contributed by atoms with van der Waals surface area (Å²) in [5.74, 6) is 0.457. The molecule has 0 aliphatic heterocycles. The lowest BCUT2D eigenvalue weighted by molar-refractivity contribution is 0.102. The molecule has 3 aromatic heterocycles. The molecule has 3 heterocycles. The van der Waals surface area contributed by atoms with Crippen LogP contribution >= 0.6 is 15.9 Å². The van der Waals surface area contributed by atoms with Crippen LogP contribution in [0, 0.1) is 0 Å². The number of pyridine rings is 1. The van der Waals surface area contributed by atoms with Gasteiger partial charge in [-0.25, -0.2) is 0 Å². The third-order valence-corrected chi connectivity index (χ3v) is 5.20. The van der Waals surface area contributed by atoms with Crippen LogP contribution in [0.4, 0.5) is 5.69 Å². The first-order chi connectivity index (χ1) is 15.2. The smallest absolute Gasteiger partial charge is 0.255 e. The van der Waals surface area contributed by atoms with Gasteiger partial charge in [-0.2, -0.15) is 9.61 Å². The fourth-order valence-corrected chi connectivity index (χ4v) is 3.61. The normalized spacial score (nSPS) is 10.9. The molecule has 150 valence electrons. The van der Waals surface area contributed by atoms with Crippen LogP contribution in [0.5, 0.6) is 0 Å². The molecule has 0 bridgehead atoms. The second-order valence-electron chi connectivity index (χ2n) is 6.79. The number of nitrogens with one attached hydrogen (secondary N) is 1. The average Bonchev–Trinajstić information content (AvgIpc) is 3.23. The molecule has 0 aliphatic rings. The van der Waals surface area contributed by atoms with Crippen LogP contribution < -0.4 is 5.32 Å². The Morgan fingerprint density at radius 2 is 1.71 bits per heavy atom. The van der Waals surface area contributed by atoms with Gasteiger partial charge < -0.3 is 5.32 Å². The van der Waals surface area contributed by atoms with Crippen molar-refractivity contribution in [3.8, 4) is 22.6 Å². The molecular formula is C23H15BrN6O. The number of nitrogens with zero attached hydrogens (tertiary/aromatic N) is 5. The summed E-state index contributed by atoms with van der Waals surface area (Å²) in [6, 6.07) is 22.3. The van der Waals surface area contributed by atoms with Crippen molar-refractivity contribution in [1.82, 2.24) is 24.8 Å². The lowest BCUT2D eigenvalue weighted by Gasteiger charge is -2.08. The molecule has 0 saturated heterocycles. The van der Waals surface area contributed by atoms with Crippen molar-refractivity contribution in [3.63, 3.8) is 0 Å². The Kier molecular flexibility index (Phi) is 4.97. The summed E-state index contributed by atoms with van der Waals surface area (Å²) in [7, 11) is 0. The molecule has 8 heteroatoms. The molecule has 1 amide bonds. The highest BCUT2D eigenvalue weighted by Crippen LogP contribution is 2.24. The second kappa shape index (κ2) is 8.08. The van der Waals surface area contributed by atoms with Crippen LogP contribution in [0.3, 0.4) is 0 Å². The molecule has 2 aromatic carbocycles. The first-order valence-electron chi connectivity index (χ1n) is 9.47. The maximum absolute atomic E-state index is 12.6. The lowest BCUT2D eigenvalue weighted by Crippen LogP contribution is -2.11. The second-order valence-corrected chi connectivity index (χ2v) is 7.71. The van der Waals surface area contributed by atoms with Gasteiger partial charge in [-0.05, 0) is 54.6 Å². The first kappa shape index (κ1) is 19.1. The molecule has 0 aliphatic carbocycles. The molecular weight excluding hydrogens is 456 g/mol. The van der Waals surface area contributed by atoms with E-state index >= 15 is 0 Å². The fraction of sp³-hybridized carbons (Fsp3) is 0. The van der Waals surface area contributed by atoms with E-state index in [0.717, 1.165) is 21.3 Å². The Bertz CT molecular complexity index is 1400. The predicted octanol–water partition coefficient (Wildman–Crippen LogP) is 4.87. The van der Waals surface area contributed by atoms with Gasteiger partial charge >= 0.3 is 0 Å². The Balaban J connectivity index is 1.47. The molecule has 1 N–H and O–H groups in total. The van der Waals surface area contributed by atoms with Gasteiger partial charge in [0.05, 0.1) is 5.69 Å². The molecule has 0 radical (unpaired) electrons. The summed E-state index contributed by atoms with van der Waals surface area (Å²) in [5.41, 5.74) is 4.38. The highest BCUT2D eigenvalue weighted by atomic mass is 79.9. The molecule has 5 aromatic rings. The topological polar surface area (TPSA) is 85.1 Å². The summed E-state index contributed by atoms with van der Waals surface area (Å²) in [4.78, 5) is 16.6. The fourth-order valence-electron chi connectivity index (χ4n) is 3.21. The number of anilines is 1. The van der Waals surface area contributed by atoms with Crippen LogP contribution in [0.1, 0.15) is 10.4 Å². The Labute approximate surface area is 185 Å². The minimum absolute atomic E-state index is 0.180. The van der Waals surface area contributed by atoms with Crippen LogP contribution in [0.2, 0.25) is 0 Å². The van der Waals surface area contributed by atoms with E-state index in [1.54, 1.807) is 29.0 Å². The maximum atomic E-state index is 12.6. The summed E-state index contributed by atoms with van der Waals surface area (Å²) in [6.07, 6.45) is 3.41. The van der Waals surface area contributed by atoms with E-state index in [1.165, 1.54) is 0 Å². The number of halogens is 1. The first-order valence-corrected chi connectivity index (χ1v) is 10.3. The zero-order valence-corrected chi connectivity index (χ0v) is 17.7. The highest BCUT2D eigenvalue weighted by Gasteiger charge is 2.12. The maximum Gasteiger partial charge on any atom is 0.255 e. The van der Waals surface area contributed by atoms with Crippen molar-refractivity contribution in [2.24, 2.45) is 0 Å². The monoisotopic (exact) mass is 470 g/mol. The van der Waals surface area contributed by atoms with E-state index in [-0.39, 0.29) is 5.91 Å². The third kappa shape index (κ3) is 3.93. The van der Waals surface area contributed by atoms with Crippen molar-refractivity contribution in [2.75, 3.05) is 5.32 Å². The SMILES string of the molecule is O=C(Nc1cccc(-c2ccc3nnc(-c4ccncc4)n3n2)c1)c1cccc(Br)c1. The largest absolute Gasteiger partial charge is 0.322 e. The van der Waals surface area contributed by atoms with Crippen molar-refractivity contribution in [3.05, 3.63) is 95.2 Å². The molecule has 0 spiro atoms. The third-order valence-electron chi connectivity index (χ3n) is 4.70. The Hall–Kier alpha value is -3.91. The van der Waals surface area contributed by atoms with Gasteiger partial charge in [-0.1, -0.05) is 34.1 Å². The molecule has 0 atom stereocenters. The Morgan fingerprint density at radius 1 is 0.871 bits per heavy atom. The van der Waals surface area contributed by atoms with Crippen molar-refractivity contribution in [2.45, 2.75) is 0 Å². The van der Waals surface area contributed by atoms with Gasteiger partial charge in [-0.3, -0.25) is 9.78 Å². The summed E-state index contributed by atoms with van der Waals surface area (Å²) in [5, 5.41) is 16.1. The van der Waals surface area contributed by atoms with Crippen LogP contribution in [0.25, 0.3) is 28.3 Å². The molecule has 7 nitrogen and oxygen atoms in total. The number of rotatable bonds is 4. The van der Waals surface area contributed by atoms with E-state index in [2.05, 4.69) is 36.4 Å². The van der Waals surface area contributed by atoms with Gasteiger partial charge in [0.25, 0.3) is 5.91 Å². The minimum Gasteiger partial charge on any atom is -0.322 e. The highest BCUT2D eigenvalue weighted by molar-refractivity contribution is 9.10. The zero-order chi connectivity index (χ0) is 21.2. The van der Waals surface area contributed by atoms with Crippen LogP contribution in [-0.2, 0) is 0 Å². The summed E-state index contributed by atoms with van der Waals surface area (Å²) >= 11 is 3.39. The van der Waals surface area contributed by atoms with Gasteiger partial charge in [-0.15, -0.1) is 10.2 Å². The van der Waals surface area contributed by atoms with E-state index in [1.807, 2.05) is 60.7 Å². The van der Waals surface area contributed by atoms with Crippen molar-refractivity contribution in [1.29, 1.82) is 0 Å². The number of aromatic nitrogens is 5. The number of amides is 1. The van der Waals surface area contributed by atoms with Gasteiger partial charge in [0, 0.05) is 39.2 Å². The average molecular weight is 471 g/mol. The number of carbonyl (C=O) groups excluding carboxylic acids is 1. The minimum atomic E-state index is -0.180. The van der Waals surface area contributed by atoms with E-state index in [4.69, 9.17) is 5.10 Å². The standard InChI is InChI=1S/C23H15BrN6O/c24-18-5-1-4-17(13-18)23(31)26-19-6-2-3-16(14-19)20-7-8-21-27-28-22(30(21)29-20)15-9-11-25-12-10-15/h1-14H,(H,26,31). The number of carbonyl (C=O) groups is 1. The van der Waals surface area contributed by atoms with Crippen molar-refractivity contribution >= 4 is 33.2 Å². The number of hydrogen-bond acceptors (Lipinski definition) is 5. The van der Waals surface area contributed by atoms with Gasteiger partial charge in [0.15, 0.2) is 11.5 Å². The summed E-state index contributed by atoms with van der Waals surface area (Å²) < 4.78 is 2.56. The van der Waals surface area contributed by atoms with Crippen LogP contribution in [0.15, 0.2) is 89.7 Å². The quantitative estimate of drug-likeness (QED) is 0.405.